The van der Waals surface area contributed by atoms with Crippen molar-refractivity contribution in [2.45, 2.75) is 0 Å². The van der Waals surface area contributed by atoms with E-state index >= 15 is 0 Å². The smallest absolute Gasteiger partial charge is 0.243 e. The largest absolute Gasteiger partial charge is 0.383 e. The summed E-state index contributed by atoms with van der Waals surface area (Å²) in [5.41, 5.74) is 7.57. The summed E-state index contributed by atoms with van der Waals surface area (Å²) in [5, 5.41) is 17.0. The number of nitrogens with one attached hydrogen (secondary N) is 1. The lowest BCUT2D eigenvalue weighted by atomic mass is 10.00. The number of hydrogen-bond acceptors (Lipinski definition) is 6. The molecule has 25 heavy (non-hydrogen) atoms. The van der Waals surface area contributed by atoms with E-state index in [0.29, 0.717) is 22.4 Å². The fourth-order valence-corrected chi connectivity index (χ4v) is 2.58. The summed E-state index contributed by atoms with van der Waals surface area (Å²) in [6, 6.07) is 10.5. The molecular formula is C16H11ClFN7. The van der Waals surface area contributed by atoms with Crippen LogP contribution in [-0.4, -0.2) is 14.6 Å². The van der Waals surface area contributed by atoms with Crippen LogP contribution in [0.25, 0.3) is 22.4 Å². The summed E-state index contributed by atoms with van der Waals surface area (Å²) in [5.74, 6) is 5.41. The summed E-state index contributed by atoms with van der Waals surface area (Å²) in [6.07, 6.45) is 0. The van der Waals surface area contributed by atoms with Crippen LogP contribution in [0.1, 0.15) is 5.69 Å². The molecule has 0 amide bonds. The van der Waals surface area contributed by atoms with Crippen molar-refractivity contribution in [3.63, 3.8) is 0 Å². The van der Waals surface area contributed by atoms with Gasteiger partial charge in [0.2, 0.25) is 5.62 Å². The zero-order valence-electron chi connectivity index (χ0n) is 12.7. The summed E-state index contributed by atoms with van der Waals surface area (Å²) in [6.45, 7) is 0. The van der Waals surface area contributed by atoms with Crippen molar-refractivity contribution in [1.82, 2.24) is 14.6 Å². The molecule has 0 aliphatic heterocycles. The minimum Gasteiger partial charge on any atom is -0.383 e. The normalized spacial score (nSPS) is 10.4. The van der Waals surface area contributed by atoms with Crippen LogP contribution in [0.4, 0.5) is 10.2 Å². The first-order chi connectivity index (χ1) is 11.9. The third kappa shape index (κ3) is 3.00. The Kier molecular flexibility index (Phi) is 4.09. The van der Waals surface area contributed by atoms with Crippen LogP contribution in [0.2, 0.25) is 5.15 Å². The Hall–Kier alpha value is -3.44. The number of halogens is 2. The zero-order valence-corrected chi connectivity index (χ0v) is 13.4. The van der Waals surface area contributed by atoms with Gasteiger partial charge in [-0.1, -0.05) is 11.6 Å². The van der Waals surface area contributed by atoms with Crippen molar-refractivity contribution in [1.29, 1.82) is 10.7 Å². The number of nitriles is 1. The third-order valence-electron chi connectivity index (χ3n) is 3.51. The second kappa shape index (κ2) is 6.22. The van der Waals surface area contributed by atoms with Gasteiger partial charge in [-0.05, 0) is 42.0 Å². The number of aromatic nitrogens is 3. The average Bonchev–Trinajstić information content (AvgIpc) is 2.59. The van der Waals surface area contributed by atoms with E-state index in [9.17, 15) is 4.39 Å². The molecule has 124 valence electrons. The van der Waals surface area contributed by atoms with Crippen LogP contribution in [0, 0.1) is 22.6 Å². The van der Waals surface area contributed by atoms with Crippen LogP contribution in [0.5, 0.6) is 0 Å². The van der Waals surface area contributed by atoms with Gasteiger partial charge in [-0.2, -0.15) is 5.26 Å². The van der Waals surface area contributed by atoms with E-state index in [4.69, 9.17) is 33.8 Å². The number of nitrogens with two attached hydrogens (primary N) is 2. The molecule has 2 heterocycles. The molecule has 7 nitrogen and oxygen atoms in total. The SMILES string of the molecule is N#Cc1cc(-c2c(-c3ccc(F)cc3)nc(=N)n(N)c2N)cc(Cl)n1. The van der Waals surface area contributed by atoms with Crippen LogP contribution >= 0.6 is 11.6 Å². The Morgan fingerprint density at radius 1 is 1.16 bits per heavy atom. The fraction of sp³-hybridized carbons (Fsp3) is 0. The van der Waals surface area contributed by atoms with Crippen molar-refractivity contribution < 1.29 is 4.39 Å². The first-order valence-corrected chi connectivity index (χ1v) is 7.34. The van der Waals surface area contributed by atoms with Gasteiger partial charge in [-0.25, -0.2) is 19.0 Å². The average molecular weight is 356 g/mol. The van der Waals surface area contributed by atoms with Crippen LogP contribution < -0.4 is 17.2 Å². The highest BCUT2D eigenvalue weighted by atomic mass is 35.5. The molecule has 0 aliphatic rings. The minimum absolute atomic E-state index is 0.0467. The Balaban J connectivity index is 2.38. The molecule has 0 saturated heterocycles. The molecule has 0 bridgehead atoms. The maximum atomic E-state index is 13.2. The first kappa shape index (κ1) is 16.4. The highest BCUT2D eigenvalue weighted by molar-refractivity contribution is 6.29. The Bertz CT molecular complexity index is 1070. The summed E-state index contributed by atoms with van der Waals surface area (Å²) in [7, 11) is 0. The van der Waals surface area contributed by atoms with Crippen molar-refractivity contribution in [3.05, 3.63) is 58.7 Å². The van der Waals surface area contributed by atoms with Crippen LogP contribution in [0.3, 0.4) is 0 Å². The van der Waals surface area contributed by atoms with Gasteiger partial charge in [0.05, 0.1) is 11.3 Å². The molecule has 0 saturated carbocycles. The van der Waals surface area contributed by atoms with Crippen molar-refractivity contribution >= 4 is 17.4 Å². The number of rotatable bonds is 2. The third-order valence-corrected chi connectivity index (χ3v) is 3.71. The molecule has 0 unspecified atom stereocenters. The number of nitrogen functional groups attached to an aromatic ring is 2. The number of nitrogens with zero attached hydrogens (tertiary/aromatic N) is 4. The molecule has 0 spiro atoms. The summed E-state index contributed by atoms with van der Waals surface area (Å²) < 4.78 is 14.1. The Labute approximate surface area is 146 Å². The van der Waals surface area contributed by atoms with Gasteiger partial charge in [-0.3, -0.25) is 5.41 Å². The van der Waals surface area contributed by atoms with E-state index in [1.54, 1.807) is 0 Å². The molecule has 0 fully saturated rings. The zero-order chi connectivity index (χ0) is 18.1. The first-order valence-electron chi connectivity index (χ1n) is 6.97. The maximum absolute atomic E-state index is 13.2. The lowest BCUT2D eigenvalue weighted by Crippen LogP contribution is -2.32. The number of pyridine rings is 1. The second-order valence-corrected chi connectivity index (χ2v) is 5.48. The second-order valence-electron chi connectivity index (χ2n) is 5.10. The Morgan fingerprint density at radius 3 is 2.48 bits per heavy atom. The topological polar surface area (TPSA) is 130 Å². The molecule has 0 aliphatic carbocycles. The van der Waals surface area contributed by atoms with Crippen molar-refractivity contribution in [2.75, 3.05) is 11.6 Å². The summed E-state index contributed by atoms with van der Waals surface area (Å²) >= 11 is 5.97. The van der Waals surface area contributed by atoms with E-state index in [1.807, 2.05) is 6.07 Å². The van der Waals surface area contributed by atoms with Gasteiger partial charge in [0.15, 0.2) is 0 Å². The van der Waals surface area contributed by atoms with Gasteiger partial charge >= 0.3 is 0 Å². The molecule has 5 N–H and O–H groups in total. The van der Waals surface area contributed by atoms with E-state index in [-0.39, 0.29) is 22.3 Å². The van der Waals surface area contributed by atoms with E-state index in [0.717, 1.165) is 4.68 Å². The number of hydrogen-bond donors (Lipinski definition) is 3. The lowest BCUT2D eigenvalue weighted by Gasteiger charge is -2.15. The van der Waals surface area contributed by atoms with E-state index < -0.39 is 5.82 Å². The highest BCUT2D eigenvalue weighted by Crippen LogP contribution is 2.34. The standard InChI is InChI=1S/C16H11ClFN7/c17-12-6-9(5-11(7-19)23-12)13-14(8-1-3-10(18)4-2-8)24-16(21)25(22)15(13)20/h1-6,21H,20,22H2. The number of benzene rings is 1. The molecule has 0 atom stereocenters. The summed E-state index contributed by atoms with van der Waals surface area (Å²) in [4.78, 5) is 8.03. The van der Waals surface area contributed by atoms with Crippen molar-refractivity contribution in [2.24, 2.45) is 0 Å². The van der Waals surface area contributed by atoms with Crippen molar-refractivity contribution in [3.8, 4) is 28.5 Å². The highest BCUT2D eigenvalue weighted by Gasteiger charge is 2.18. The van der Waals surface area contributed by atoms with Crippen LogP contribution in [0.15, 0.2) is 36.4 Å². The molecule has 1 aromatic carbocycles. The molecular weight excluding hydrogens is 345 g/mol. The van der Waals surface area contributed by atoms with Gasteiger partial charge in [-0.15, -0.1) is 0 Å². The minimum atomic E-state index is -0.409. The predicted molar refractivity (Wildman–Crippen MR) is 91.0 cm³/mol. The van der Waals surface area contributed by atoms with E-state index in [2.05, 4.69) is 9.97 Å². The van der Waals surface area contributed by atoms with Gasteiger partial charge < -0.3 is 11.6 Å². The quantitative estimate of drug-likeness (QED) is 0.478. The molecule has 0 radical (unpaired) electrons. The monoisotopic (exact) mass is 355 g/mol. The molecule has 9 heteroatoms. The van der Waals surface area contributed by atoms with Gasteiger partial charge in [0.1, 0.15) is 28.6 Å². The van der Waals surface area contributed by atoms with E-state index in [1.165, 1.54) is 36.4 Å². The fourth-order valence-electron chi connectivity index (χ4n) is 2.37. The van der Waals surface area contributed by atoms with Gasteiger partial charge in [0, 0.05) is 5.56 Å². The number of anilines is 1. The molecule has 3 aromatic rings. The Morgan fingerprint density at radius 2 is 1.84 bits per heavy atom. The maximum Gasteiger partial charge on any atom is 0.243 e. The van der Waals surface area contributed by atoms with Gasteiger partial charge in [0.25, 0.3) is 0 Å². The molecule has 3 rings (SSSR count). The lowest BCUT2D eigenvalue weighted by molar-refractivity contribution is 0.628. The van der Waals surface area contributed by atoms with Crippen LogP contribution in [-0.2, 0) is 0 Å². The molecule has 2 aromatic heterocycles. The predicted octanol–water partition coefficient (Wildman–Crippen LogP) is 2.05.